The van der Waals surface area contributed by atoms with E-state index in [0.717, 1.165) is 44.1 Å². The van der Waals surface area contributed by atoms with Crippen LogP contribution in [-0.2, 0) is 12.8 Å². The van der Waals surface area contributed by atoms with Crippen LogP contribution in [0.1, 0.15) is 70.9 Å². The predicted octanol–water partition coefficient (Wildman–Crippen LogP) is 6.12. The molecule has 0 saturated carbocycles. The van der Waals surface area contributed by atoms with E-state index < -0.39 is 0 Å². The first-order valence-corrected chi connectivity index (χ1v) is 10.1. The van der Waals surface area contributed by atoms with E-state index in [1.807, 2.05) is 0 Å². The number of phenols is 2. The minimum atomic E-state index is 0.0316. The van der Waals surface area contributed by atoms with Crippen molar-refractivity contribution in [3.8, 4) is 23.0 Å². The van der Waals surface area contributed by atoms with Crippen LogP contribution in [0, 0.1) is 0 Å². The number of hydrogen-bond donors (Lipinski definition) is 2. The first kappa shape index (κ1) is 21.7. The minimum Gasteiger partial charge on any atom is -0.508 e. The van der Waals surface area contributed by atoms with Crippen molar-refractivity contribution in [2.24, 2.45) is 0 Å². The Balaban J connectivity index is 2.30. The van der Waals surface area contributed by atoms with Gasteiger partial charge < -0.3 is 14.6 Å². The highest BCUT2D eigenvalue weighted by Crippen LogP contribution is 2.40. The molecule has 0 fully saturated rings. The Bertz CT molecular complexity index is 817. The second-order valence-corrected chi connectivity index (χ2v) is 7.53. The maximum Gasteiger partial charge on any atom is 0.251 e. The Morgan fingerprint density at radius 1 is 1.14 bits per heavy atom. The zero-order valence-corrected chi connectivity index (χ0v) is 17.5. The third-order valence-corrected chi connectivity index (χ3v) is 4.83. The molecular weight excluding hydrogens is 352 g/mol. The molecule has 0 amide bonds. The van der Waals surface area contributed by atoms with Crippen molar-refractivity contribution in [3.63, 3.8) is 0 Å². The number of unbranched alkanes of at least 4 members (excludes halogenated alkanes) is 2. The van der Waals surface area contributed by atoms with E-state index in [0.29, 0.717) is 17.5 Å². The quantitative estimate of drug-likeness (QED) is 0.381. The van der Waals surface area contributed by atoms with Crippen molar-refractivity contribution >= 4 is 0 Å². The zero-order chi connectivity index (χ0) is 20.5. The van der Waals surface area contributed by atoms with E-state index >= 15 is 0 Å². The van der Waals surface area contributed by atoms with Crippen molar-refractivity contribution in [1.82, 2.24) is 10.2 Å². The number of aromatic hydroxyl groups is 2. The lowest BCUT2D eigenvalue weighted by molar-refractivity contribution is 0.438. The standard InChI is InChI=1S/C23H32N2O3/c1-5-6-7-11-18-14-20(26)19(13-12-17(4)10-8-9-16(2)3)22(27)21(18)23-25-24-15-28-23/h9,12,14-15,26-27H,5-8,10-11,13H2,1-4H3. The number of rotatable bonds is 10. The van der Waals surface area contributed by atoms with Crippen LogP contribution >= 0.6 is 0 Å². The van der Waals surface area contributed by atoms with Crippen LogP contribution < -0.4 is 0 Å². The summed E-state index contributed by atoms with van der Waals surface area (Å²) in [5, 5.41) is 29.2. The predicted molar refractivity (Wildman–Crippen MR) is 112 cm³/mol. The fourth-order valence-corrected chi connectivity index (χ4v) is 3.20. The summed E-state index contributed by atoms with van der Waals surface area (Å²) in [7, 11) is 0. The lowest BCUT2D eigenvalue weighted by atomic mass is 9.94. The smallest absolute Gasteiger partial charge is 0.251 e. The average molecular weight is 385 g/mol. The molecule has 5 heteroatoms. The molecule has 2 aromatic rings. The largest absolute Gasteiger partial charge is 0.508 e. The molecule has 0 unspecified atom stereocenters. The number of allylic oxidation sites excluding steroid dienone is 4. The molecule has 28 heavy (non-hydrogen) atoms. The summed E-state index contributed by atoms with van der Waals surface area (Å²) in [5.74, 6) is 0.430. The van der Waals surface area contributed by atoms with Crippen molar-refractivity contribution in [3.05, 3.63) is 46.9 Å². The summed E-state index contributed by atoms with van der Waals surface area (Å²) in [6, 6.07) is 1.73. The molecule has 1 heterocycles. The van der Waals surface area contributed by atoms with Gasteiger partial charge in [-0.1, -0.05) is 43.1 Å². The van der Waals surface area contributed by atoms with Crippen molar-refractivity contribution in [2.75, 3.05) is 0 Å². The van der Waals surface area contributed by atoms with Crippen molar-refractivity contribution in [2.45, 2.75) is 72.6 Å². The van der Waals surface area contributed by atoms with E-state index in [9.17, 15) is 10.2 Å². The lowest BCUT2D eigenvalue weighted by Crippen LogP contribution is -1.97. The van der Waals surface area contributed by atoms with E-state index in [-0.39, 0.29) is 17.4 Å². The maximum atomic E-state index is 10.9. The Morgan fingerprint density at radius 3 is 2.57 bits per heavy atom. The van der Waals surface area contributed by atoms with Crippen molar-refractivity contribution in [1.29, 1.82) is 0 Å². The number of phenolic OH excluding ortho intramolecular Hbond substituents is 2. The van der Waals surface area contributed by atoms with Gasteiger partial charge in [0, 0.05) is 5.56 Å². The average Bonchev–Trinajstić information content (AvgIpc) is 3.15. The summed E-state index contributed by atoms with van der Waals surface area (Å²) < 4.78 is 5.36. The van der Waals surface area contributed by atoms with E-state index in [1.165, 1.54) is 17.5 Å². The fourth-order valence-electron chi connectivity index (χ4n) is 3.20. The molecular formula is C23H32N2O3. The van der Waals surface area contributed by atoms with Gasteiger partial charge in [0.2, 0.25) is 6.39 Å². The molecule has 0 bridgehead atoms. The summed E-state index contributed by atoms with van der Waals surface area (Å²) in [4.78, 5) is 0. The normalized spacial score (nSPS) is 11.6. The molecule has 5 nitrogen and oxygen atoms in total. The third kappa shape index (κ3) is 5.98. The van der Waals surface area contributed by atoms with Gasteiger partial charge in [-0.3, -0.25) is 0 Å². The van der Waals surface area contributed by atoms with Crippen LogP contribution in [0.4, 0.5) is 0 Å². The summed E-state index contributed by atoms with van der Waals surface area (Å²) in [6.07, 6.45) is 11.8. The van der Waals surface area contributed by atoms with Crippen LogP contribution in [0.5, 0.6) is 11.5 Å². The Labute approximate surface area is 167 Å². The second kappa shape index (κ2) is 10.7. The van der Waals surface area contributed by atoms with Crippen LogP contribution in [0.15, 0.2) is 40.2 Å². The van der Waals surface area contributed by atoms with Gasteiger partial charge in [-0.05, 0) is 64.5 Å². The number of hydrogen-bond acceptors (Lipinski definition) is 5. The van der Waals surface area contributed by atoms with Crippen molar-refractivity contribution < 1.29 is 14.6 Å². The van der Waals surface area contributed by atoms with Crippen LogP contribution in [0.3, 0.4) is 0 Å². The van der Waals surface area contributed by atoms with Crippen LogP contribution in [-0.4, -0.2) is 20.4 Å². The molecule has 0 aliphatic heterocycles. The summed E-state index contributed by atoms with van der Waals surface area (Å²) in [6.45, 7) is 8.40. The van der Waals surface area contributed by atoms with Gasteiger partial charge in [0.25, 0.3) is 5.89 Å². The van der Waals surface area contributed by atoms with Gasteiger partial charge in [-0.15, -0.1) is 10.2 Å². The van der Waals surface area contributed by atoms with Gasteiger partial charge in [0.05, 0.1) is 5.56 Å². The highest BCUT2D eigenvalue weighted by atomic mass is 16.4. The highest BCUT2D eigenvalue weighted by Gasteiger charge is 2.21. The van der Waals surface area contributed by atoms with Gasteiger partial charge in [0.15, 0.2) is 0 Å². The molecule has 152 valence electrons. The van der Waals surface area contributed by atoms with Crippen LogP contribution in [0.25, 0.3) is 11.5 Å². The Hall–Kier alpha value is -2.56. The molecule has 1 aromatic heterocycles. The first-order chi connectivity index (χ1) is 13.4. The van der Waals surface area contributed by atoms with Gasteiger partial charge >= 0.3 is 0 Å². The van der Waals surface area contributed by atoms with Gasteiger partial charge in [0.1, 0.15) is 11.5 Å². The molecule has 0 radical (unpaired) electrons. The molecule has 2 rings (SSSR count). The topological polar surface area (TPSA) is 79.4 Å². The highest BCUT2D eigenvalue weighted by molar-refractivity contribution is 5.72. The number of benzene rings is 1. The monoisotopic (exact) mass is 384 g/mol. The Morgan fingerprint density at radius 2 is 1.93 bits per heavy atom. The molecule has 0 aliphatic carbocycles. The van der Waals surface area contributed by atoms with E-state index in [2.05, 4.69) is 50.0 Å². The molecule has 0 aliphatic rings. The minimum absolute atomic E-state index is 0.0316. The number of aryl methyl sites for hydroxylation is 1. The number of aromatic nitrogens is 2. The second-order valence-electron chi connectivity index (χ2n) is 7.53. The molecule has 0 atom stereocenters. The first-order valence-electron chi connectivity index (χ1n) is 10.1. The number of nitrogens with zero attached hydrogens (tertiary/aromatic N) is 2. The molecule has 0 spiro atoms. The van der Waals surface area contributed by atoms with Crippen LogP contribution in [0.2, 0.25) is 0 Å². The fraction of sp³-hybridized carbons (Fsp3) is 0.478. The maximum absolute atomic E-state index is 10.9. The summed E-state index contributed by atoms with van der Waals surface area (Å²) >= 11 is 0. The zero-order valence-electron chi connectivity index (χ0n) is 17.5. The third-order valence-electron chi connectivity index (χ3n) is 4.83. The molecule has 1 aromatic carbocycles. The Kier molecular flexibility index (Phi) is 8.30. The van der Waals surface area contributed by atoms with Gasteiger partial charge in [-0.2, -0.15) is 0 Å². The summed E-state index contributed by atoms with van der Waals surface area (Å²) in [5.41, 5.74) is 4.40. The lowest BCUT2D eigenvalue weighted by Gasteiger charge is -2.14. The van der Waals surface area contributed by atoms with E-state index in [1.54, 1.807) is 6.07 Å². The molecule has 2 N–H and O–H groups in total. The van der Waals surface area contributed by atoms with E-state index in [4.69, 9.17) is 4.42 Å². The van der Waals surface area contributed by atoms with Gasteiger partial charge in [-0.25, -0.2) is 0 Å². The SMILES string of the molecule is CCCCCc1cc(O)c(CC=C(C)CCC=C(C)C)c(O)c1-c1nnco1. The molecule has 0 saturated heterocycles.